The molecule has 1 unspecified atom stereocenters. The summed E-state index contributed by atoms with van der Waals surface area (Å²) in [4.78, 5) is 29.2. The highest BCUT2D eigenvalue weighted by atomic mass is 35.5. The molecule has 148 valence electrons. The van der Waals surface area contributed by atoms with Gasteiger partial charge < -0.3 is 15.1 Å². The highest BCUT2D eigenvalue weighted by Gasteiger charge is 2.41. The molecule has 0 aromatic heterocycles. The van der Waals surface area contributed by atoms with E-state index in [9.17, 15) is 9.59 Å². The molecule has 0 aliphatic carbocycles. The molecule has 0 bridgehead atoms. The second-order valence-electron chi connectivity index (χ2n) is 8.18. The molecule has 1 aromatic rings. The molecule has 3 fully saturated rings. The fourth-order valence-corrected chi connectivity index (χ4v) is 4.72. The molecule has 1 spiro atoms. The molecule has 6 heteroatoms. The van der Waals surface area contributed by atoms with Gasteiger partial charge in [-0.1, -0.05) is 19.1 Å². The molecule has 1 aromatic carbocycles. The first-order valence-corrected chi connectivity index (χ1v) is 9.99. The summed E-state index contributed by atoms with van der Waals surface area (Å²) in [5.41, 5.74) is 2.59. The second-order valence-corrected chi connectivity index (χ2v) is 8.18. The zero-order valence-electron chi connectivity index (χ0n) is 16.1. The number of carbonyl (C=O) groups excluding carboxylic acids is 2. The van der Waals surface area contributed by atoms with Crippen LogP contribution < -0.4 is 10.2 Å². The third-order valence-electron chi connectivity index (χ3n) is 6.60. The fourth-order valence-electron chi connectivity index (χ4n) is 4.72. The normalized spacial score (nSPS) is 24.3. The lowest BCUT2D eigenvalue weighted by atomic mass is 9.77. The molecule has 1 atom stereocenters. The Labute approximate surface area is 167 Å². The molecular formula is C21H30ClN3O2. The number of nitrogens with zero attached hydrogens (tertiary/aromatic N) is 2. The van der Waals surface area contributed by atoms with Gasteiger partial charge in [-0.3, -0.25) is 9.59 Å². The topological polar surface area (TPSA) is 52.7 Å². The zero-order valence-corrected chi connectivity index (χ0v) is 16.9. The average molecular weight is 392 g/mol. The quantitative estimate of drug-likeness (QED) is 0.861. The lowest BCUT2D eigenvalue weighted by Crippen LogP contribution is -2.46. The van der Waals surface area contributed by atoms with Crippen molar-refractivity contribution in [1.29, 1.82) is 0 Å². The summed E-state index contributed by atoms with van der Waals surface area (Å²) in [5, 5.41) is 3.47. The largest absolute Gasteiger partial charge is 0.342 e. The first kappa shape index (κ1) is 20.2. The Morgan fingerprint density at radius 3 is 2.48 bits per heavy atom. The van der Waals surface area contributed by atoms with E-state index in [0.29, 0.717) is 18.4 Å². The van der Waals surface area contributed by atoms with Crippen LogP contribution in [0.5, 0.6) is 0 Å². The van der Waals surface area contributed by atoms with Crippen molar-refractivity contribution in [2.75, 3.05) is 37.6 Å². The molecule has 3 aliphatic heterocycles. The Balaban J connectivity index is 0.00000210. The van der Waals surface area contributed by atoms with Gasteiger partial charge in [-0.25, -0.2) is 0 Å². The van der Waals surface area contributed by atoms with Crippen LogP contribution >= 0.6 is 12.4 Å². The number of rotatable bonds is 3. The van der Waals surface area contributed by atoms with Crippen molar-refractivity contribution in [3.63, 3.8) is 0 Å². The fraction of sp³-hybridized carbons (Fsp3) is 0.619. The number of aryl methyl sites for hydroxylation is 1. The molecule has 0 saturated carbocycles. The van der Waals surface area contributed by atoms with Crippen LogP contribution in [0.25, 0.3) is 0 Å². The van der Waals surface area contributed by atoms with Gasteiger partial charge in [-0.2, -0.15) is 0 Å². The Bertz CT molecular complexity index is 675. The monoisotopic (exact) mass is 391 g/mol. The van der Waals surface area contributed by atoms with Gasteiger partial charge in [0.25, 0.3) is 0 Å². The van der Waals surface area contributed by atoms with E-state index in [1.807, 2.05) is 17.0 Å². The van der Waals surface area contributed by atoms with Gasteiger partial charge in [0.15, 0.2) is 0 Å². The second kappa shape index (κ2) is 8.19. The number of hydrogen-bond donors (Lipinski definition) is 1. The third kappa shape index (κ3) is 3.99. The van der Waals surface area contributed by atoms with Gasteiger partial charge in [0.05, 0.1) is 5.92 Å². The Morgan fingerprint density at radius 2 is 1.89 bits per heavy atom. The number of halogens is 1. The van der Waals surface area contributed by atoms with E-state index < -0.39 is 0 Å². The van der Waals surface area contributed by atoms with Crippen LogP contribution in [-0.2, 0) is 16.0 Å². The van der Waals surface area contributed by atoms with E-state index in [1.54, 1.807) is 4.90 Å². The molecule has 3 saturated heterocycles. The number of amides is 2. The zero-order chi connectivity index (χ0) is 18.1. The van der Waals surface area contributed by atoms with E-state index in [1.165, 1.54) is 12.0 Å². The maximum Gasteiger partial charge on any atom is 0.228 e. The highest BCUT2D eigenvalue weighted by Crippen LogP contribution is 2.37. The van der Waals surface area contributed by atoms with Crippen LogP contribution in [0, 0.1) is 11.3 Å². The third-order valence-corrected chi connectivity index (χ3v) is 6.60. The van der Waals surface area contributed by atoms with Crippen LogP contribution in [0.4, 0.5) is 5.69 Å². The summed E-state index contributed by atoms with van der Waals surface area (Å²) >= 11 is 0. The summed E-state index contributed by atoms with van der Waals surface area (Å²) in [7, 11) is 0. The van der Waals surface area contributed by atoms with Gasteiger partial charge in [-0.15, -0.1) is 12.4 Å². The van der Waals surface area contributed by atoms with E-state index in [0.717, 1.165) is 51.1 Å². The average Bonchev–Trinajstić information content (AvgIpc) is 3.29. The number of carbonyl (C=O) groups is 2. The maximum atomic E-state index is 13.0. The van der Waals surface area contributed by atoms with Gasteiger partial charge in [0, 0.05) is 38.3 Å². The van der Waals surface area contributed by atoms with Gasteiger partial charge in [0.2, 0.25) is 11.8 Å². The van der Waals surface area contributed by atoms with E-state index >= 15 is 0 Å². The number of nitrogens with one attached hydrogen (secondary N) is 1. The minimum atomic E-state index is -0.191. The molecule has 2 amide bonds. The van der Waals surface area contributed by atoms with E-state index in [-0.39, 0.29) is 30.1 Å². The minimum absolute atomic E-state index is 0. The first-order valence-electron chi connectivity index (χ1n) is 9.99. The van der Waals surface area contributed by atoms with E-state index in [4.69, 9.17) is 0 Å². The number of likely N-dealkylation sites (tertiary alicyclic amines) is 1. The lowest BCUT2D eigenvalue weighted by Gasteiger charge is -2.39. The minimum Gasteiger partial charge on any atom is -0.342 e. The molecule has 4 rings (SSSR count). The summed E-state index contributed by atoms with van der Waals surface area (Å²) in [5.74, 6) is 0.0528. The van der Waals surface area contributed by atoms with Crippen molar-refractivity contribution >= 4 is 29.9 Å². The Hall–Kier alpha value is -1.59. The van der Waals surface area contributed by atoms with E-state index in [2.05, 4.69) is 24.4 Å². The molecule has 3 aliphatic rings. The number of anilines is 1. The van der Waals surface area contributed by atoms with Crippen molar-refractivity contribution in [2.24, 2.45) is 11.3 Å². The van der Waals surface area contributed by atoms with Crippen molar-refractivity contribution < 1.29 is 9.59 Å². The summed E-state index contributed by atoms with van der Waals surface area (Å²) in [6, 6.07) is 8.14. The van der Waals surface area contributed by atoms with Crippen LogP contribution in [0.3, 0.4) is 0 Å². The summed E-state index contributed by atoms with van der Waals surface area (Å²) < 4.78 is 0. The molecule has 0 radical (unpaired) electrons. The Morgan fingerprint density at radius 1 is 1.19 bits per heavy atom. The predicted molar refractivity (Wildman–Crippen MR) is 109 cm³/mol. The molecule has 5 nitrogen and oxygen atoms in total. The Kier molecular flexibility index (Phi) is 6.11. The van der Waals surface area contributed by atoms with Crippen molar-refractivity contribution in [3.8, 4) is 0 Å². The van der Waals surface area contributed by atoms with Crippen LogP contribution in [0.2, 0.25) is 0 Å². The highest BCUT2D eigenvalue weighted by molar-refractivity contribution is 6.00. The van der Waals surface area contributed by atoms with Gasteiger partial charge in [-0.05, 0) is 55.3 Å². The summed E-state index contributed by atoms with van der Waals surface area (Å²) in [6.07, 6.45) is 4.75. The maximum absolute atomic E-state index is 13.0. The SMILES string of the molecule is CCc1ccc(N2CC(C(=O)N3CCC4(CCNC4)CC3)CC2=O)cc1.Cl. The van der Waals surface area contributed by atoms with Crippen LogP contribution in [-0.4, -0.2) is 49.4 Å². The molecule has 1 N–H and O–H groups in total. The molecular weight excluding hydrogens is 362 g/mol. The van der Waals surface area contributed by atoms with Crippen molar-refractivity contribution in [2.45, 2.75) is 39.0 Å². The number of hydrogen-bond acceptors (Lipinski definition) is 3. The van der Waals surface area contributed by atoms with Gasteiger partial charge >= 0.3 is 0 Å². The lowest BCUT2D eigenvalue weighted by molar-refractivity contribution is -0.137. The van der Waals surface area contributed by atoms with Crippen molar-refractivity contribution in [1.82, 2.24) is 10.2 Å². The summed E-state index contributed by atoms with van der Waals surface area (Å²) in [6.45, 7) is 6.53. The number of benzene rings is 1. The molecule has 27 heavy (non-hydrogen) atoms. The van der Waals surface area contributed by atoms with Crippen molar-refractivity contribution in [3.05, 3.63) is 29.8 Å². The molecule has 3 heterocycles. The predicted octanol–water partition coefficient (Wildman–Crippen LogP) is 2.63. The standard InChI is InChI=1S/C21H29N3O2.ClH/c1-2-16-3-5-18(6-4-16)24-14-17(13-19(24)25)20(26)23-11-8-21(9-12-23)7-10-22-15-21;/h3-6,17,22H,2,7-15H2,1H3;1H. The number of piperidine rings is 1. The smallest absolute Gasteiger partial charge is 0.228 e. The van der Waals surface area contributed by atoms with Gasteiger partial charge in [0.1, 0.15) is 0 Å². The first-order chi connectivity index (χ1) is 12.6. The van der Waals surface area contributed by atoms with Crippen LogP contribution in [0.1, 0.15) is 38.2 Å². The van der Waals surface area contributed by atoms with Crippen LogP contribution in [0.15, 0.2) is 24.3 Å².